The first-order valence-corrected chi connectivity index (χ1v) is 9.21. The van der Waals surface area contributed by atoms with Gasteiger partial charge in [-0.2, -0.15) is 0 Å². The van der Waals surface area contributed by atoms with Crippen LogP contribution < -0.4 is 0 Å². The zero-order chi connectivity index (χ0) is 14.9. The van der Waals surface area contributed by atoms with E-state index in [2.05, 4.69) is 25.8 Å². The van der Waals surface area contributed by atoms with Crippen molar-refractivity contribution in [3.05, 3.63) is 45.9 Å². The molecule has 0 bridgehead atoms. The molecule has 3 heterocycles. The van der Waals surface area contributed by atoms with Gasteiger partial charge in [-0.15, -0.1) is 21.5 Å². The Balaban J connectivity index is 1.61. The second kappa shape index (κ2) is 6.02. The van der Waals surface area contributed by atoms with E-state index in [0.717, 1.165) is 26.6 Å². The van der Waals surface area contributed by atoms with E-state index in [4.69, 9.17) is 11.6 Å². The van der Waals surface area contributed by atoms with Crippen LogP contribution in [-0.4, -0.2) is 19.7 Å². The Morgan fingerprint density at radius 1 is 1.27 bits per heavy atom. The molecule has 1 aliphatic carbocycles. The number of halogens is 1. The standard InChI is InChI=1S/C15H13ClN4S2/c16-13-6-5-12(22-13)9-21-15-19-18-14(20(15)11-3-4-11)10-2-1-7-17-8-10/h1-2,5-8,11H,3-4,9H2. The molecule has 0 aromatic carbocycles. The molecule has 0 spiro atoms. The minimum atomic E-state index is 0.527. The van der Waals surface area contributed by atoms with Gasteiger partial charge in [-0.25, -0.2) is 0 Å². The summed E-state index contributed by atoms with van der Waals surface area (Å²) in [4.78, 5) is 5.44. The normalized spacial score (nSPS) is 14.4. The molecule has 1 saturated carbocycles. The highest BCUT2D eigenvalue weighted by atomic mass is 35.5. The third-order valence-electron chi connectivity index (χ3n) is 3.47. The molecule has 1 fully saturated rings. The Bertz CT molecular complexity index is 780. The van der Waals surface area contributed by atoms with Crippen LogP contribution in [0.15, 0.2) is 41.8 Å². The molecule has 4 rings (SSSR count). The van der Waals surface area contributed by atoms with Crippen molar-refractivity contribution in [2.45, 2.75) is 29.8 Å². The number of pyridine rings is 1. The number of hydrogen-bond donors (Lipinski definition) is 0. The lowest BCUT2D eigenvalue weighted by Gasteiger charge is -2.08. The van der Waals surface area contributed by atoms with Gasteiger partial charge in [-0.05, 0) is 37.1 Å². The van der Waals surface area contributed by atoms with Crippen LogP contribution in [0.3, 0.4) is 0 Å². The Hall–Kier alpha value is -1.37. The lowest BCUT2D eigenvalue weighted by Crippen LogP contribution is -1.99. The first-order valence-electron chi connectivity index (χ1n) is 7.03. The van der Waals surface area contributed by atoms with Gasteiger partial charge in [0.1, 0.15) is 0 Å². The zero-order valence-electron chi connectivity index (χ0n) is 11.6. The van der Waals surface area contributed by atoms with Crippen molar-refractivity contribution in [1.82, 2.24) is 19.7 Å². The summed E-state index contributed by atoms with van der Waals surface area (Å²) < 4.78 is 3.09. The maximum atomic E-state index is 5.99. The van der Waals surface area contributed by atoms with E-state index in [9.17, 15) is 0 Å². The Morgan fingerprint density at radius 3 is 2.86 bits per heavy atom. The predicted molar refractivity (Wildman–Crippen MR) is 90.4 cm³/mol. The molecule has 0 radical (unpaired) electrons. The van der Waals surface area contributed by atoms with Crippen LogP contribution in [0.2, 0.25) is 4.34 Å². The van der Waals surface area contributed by atoms with Gasteiger partial charge in [-0.3, -0.25) is 9.55 Å². The van der Waals surface area contributed by atoms with Gasteiger partial charge in [0.05, 0.1) is 4.34 Å². The molecule has 0 N–H and O–H groups in total. The number of thiophene rings is 1. The summed E-state index contributed by atoms with van der Waals surface area (Å²) in [6.07, 6.45) is 6.02. The zero-order valence-corrected chi connectivity index (χ0v) is 14.0. The number of nitrogens with zero attached hydrogens (tertiary/aromatic N) is 4. The van der Waals surface area contributed by atoms with Crippen LogP contribution in [-0.2, 0) is 5.75 Å². The fourth-order valence-electron chi connectivity index (χ4n) is 2.29. The highest BCUT2D eigenvalue weighted by Crippen LogP contribution is 2.41. The van der Waals surface area contributed by atoms with E-state index in [1.54, 1.807) is 29.3 Å². The molecule has 3 aromatic heterocycles. The first kappa shape index (κ1) is 14.2. The van der Waals surface area contributed by atoms with Gasteiger partial charge < -0.3 is 0 Å². The second-order valence-corrected chi connectivity index (χ2v) is 7.89. The van der Waals surface area contributed by atoms with Crippen molar-refractivity contribution in [3.63, 3.8) is 0 Å². The minimum Gasteiger partial charge on any atom is -0.299 e. The van der Waals surface area contributed by atoms with Crippen molar-refractivity contribution in [2.24, 2.45) is 0 Å². The molecule has 112 valence electrons. The highest BCUT2D eigenvalue weighted by Gasteiger charge is 2.30. The van der Waals surface area contributed by atoms with Crippen LogP contribution in [0, 0.1) is 0 Å². The smallest absolute Gasteiger partial charge is 0.192 e. The summed E-state index contributed by atoms with van der Waals surface area (Å²) in [6, 6.07) is 8.50. The molecule has 0 saturated heterocycles. The topological polar surface area (TPSA) is 43.6 Å². The molecule has 4 nitrogen and oxygen atoms in total. The van der Waals surface area contributed by atoms with Gasteiger partial charge >= 0.3 is 0 Å². The Kier molecular flexibility index (Phi) is 3.90. The number of hydrogen-bond acceptors (Lipinski definition) is 5. The van der Waals surface area contributed by atoms with Gasteiger partial charge in [-0.1, -0.05) is 23.4 Å². The van der Waals surface area contributed by atoms with Crippen molar-refractivity contribution in [3.8, 4) is 11.4 Å². The van der Waals surface area contributed by atoms with Gasteiger partial charge in [0.15, 0.2) is 11.0 Å². The number of rotatable bonds is 5. The van der Waals surface area contributed by atoms with E-state index in [1.165, 1.54) is 17.7 Å². The van der Waals surface area contributed by atoms with Crippen molar-refractivity contribution < 1.29 is 0 Å². The molecular weight excluding hydrogens is 336 g/mol. The minimum absolute atomic E-state index is 0.527. The molecule has 7 heteroatoms. The SMILES string of the molecule is Clc1ccc(CSc2nnc(-c3cccnc3)n2C2CC2)s1. The third kappa shape index (κ3) is 2.91. The van der Waals surface area contributed by atoms with Crippen molar-refractivity contribution >= 4 is 34.7 Å². The molecule has 0 amide bonds. The Labute approximate surface area is 141 Å². The largest absolute Gasteiger partial charge is 0.299 e. The summed E-state index contributed by atoms with van der Waals surface area (Å²) in [5, 5.41) is 9.77. The monoisotopic (exact) mass is 348 g/mol. The molecule has 0 unspecified atom stereocenters. The maximum Gasteiger partial charge on any atom is 0.192 e. The molecule has 22 heavy (non-hydrogen) atoms. The summed E-state index contributed by atoms with van der Waals surface area (Å²) in [7, 11) is 0. The van der Waals surface area contributed by atoms with Gasteiger partial charge in [0, 0.05) is 34.6 Å². The van der Waals surface area contributed by atoms with Crippen LogP contribution in [0.25, 0.3) is 11.4 Å². The number of thioether (sulfide) groups is 1. The Morgan fingerprint density at radius 2 is 2.18 bits per heavy atom. The van der Waals surface area contributed by atoms with Crippen LogP contribution >= 0.6 is 34.7 Å². The maximum absolute atomic E-state index is 5.99. The van der Waals surface area contributed by atoms with E-state index in [1.807, 2.05) is 24.4 Å². The van der Waals surface area contributed by atoms with E-state index < -0.39 is 0 Å². The molecule has 1 aliphatic rings. The van der Waals surface area contributed by atoms with Crippen LogP contribution in [0.1, 0.15) is 23.8 Å². The van der Waals surface area contributed by atoms with Crippen LogP contribution in [0.5, 0.6) is 0 Å². The molecule has 0 aliphatic heterocycles. The highest BCUT2D eigenvalue weighted by molar-refractivity contribution is 7.98. The molecule has 3 aromatic rings. The van der Waals surface area contributed by atoms with Gasteiger partial charge in [0.2, 0.25) is 0 Å². The van der Waals surface area contributed by atoms with Crippen LogP contribution in [0.4, 0.5) is 0 Å². The van der Waals surface area contributed by atoms with E-state index in [0.29, 0.717) is 6.04 Å². The quantitative estimate of drug-likeness (QED) is 0.628. The third-order valence-corrected chi connectivity index (χ3v) is 5.87. The molecule has 0 atom stereocenters. The van der Waals surface area contributed by atoms with Crippen molar-refractivity contribution in [2.75, 3.05) is 0 Å². The average Bonchev–Trinajstić information content (AvgIpc) is 3.16. The molecular formula is C15H13ClN4S2. The van der Waals surface area contributed by atoms with E-state index >= 15 is 0 Å². The van der Waals surface area contributed by atoms with E-state index in [-0.39, 0.29) is 0 Å². The predicted octanol–water partition coefficient (Wildman–Crippen LogP) is 4.68. The summed E-state index contributed by atoms with van der Waals surface area (Å²) in [5.41, 5.74) is 1.02. The first-order chi connectivity index (χ1) is 10.8. The number of aromatic nitrogens is 4. The summed E-state index contributed by atoms with van der Waals surface area (Å²) in [6.45, 7) is 0. The fraction of sp³-hybridized carbons (Fsp3) is 0.267. The summed E-state index contributed by atoms with van der Waals surface area (Å²) in [5.74, 6) is 1.79. The van der Waals surface area contributed by atoms with Gasteiger partial charge in [0.25, 0.3) is 0 Å². The van der Waals surface area contributed by atoms with Crippen molar-refractivity contribution in [1.29, 1.82) is 0 Å². The fourth-order valence-corrected chi connectivity index (χ4v) is 4.43. The second-order valence-electron chi connectivity index (χ2n) is 5.14. The summed E-state index contributed by atoms with van der Waals surface area (Å²) >= 11 is 9.32. The lowest BCUT2D eigenvalue weighted by atomic mass is 10.3. The lowest BCUT2D eigenvalue weighted by molar-refractivity contribution is 0.669. The average molecular weight is 349 g/mol.